The van der Waals surface area contributed by atoms with Crippen molar-refractivity contribution >= 4 is 22.8 Å². The van der Waals surface area contributed by atoms with Crippen LogP contribution >= 0.6 is 11.6 Å². The number of rotatable bonds is 3. The summed E-state index contributed by atoms with van der Waals surface area (Å²) in [6.07, 6.45) is 2.53. The Bertz CT molecular complexity index is 762. The number of benzene rings is 1. The van der Waals surface area contributed by atoms with Gasteiger partial charge in [0, 0.05) is 18.5 Å². The van der Waals surface area contributed by atoms with Crippen LogP contribution in [0.2, 0.25) is 0 Å². The summed E-state index contributed by atoms with van der Waals surface area (Å²) in [5.74, 6) is 1.51. The summed E-state index contributed by atoms with van der Waals surface area (Å²) in [7, 11) is 0. The molecule has 0 amide bonds. The van der Waals surface area contributed by atoms with Gasteiger partial charge in [-0.15, -0.1) is 11.6 Å². The molecule has 102 valence electrons. The molecule has 0 N–H and O–H groups in total. The highest BCUT2D eigenvalue weighted by molar-refractivity contribution is 6.17. The molecule has 0 aliphatic rings. The molecule has 0 aliphatic heterocycles. The van der Waals surface area contributed by atoms with Gasteiger partial charge in [0.15, 0.2) is 5.65 Å². The highest BCUT2D eigenvalue weighted by Crippen LogP contribution is 2.23. The molecule has 0 atom stereocenters. The van der Waals surface area contributed by atoms with E-state index in [1.165, 1.54) is 11.1 Å². The van der Waals surface area contributed by atoms with E-state index in [1.54, 1.807) is 6.20 Å². The summed E-state index contributed by atoms with van der Waals surface area (Å²) in [4.78, 5) is 9.15. The highest BCUT2D eigenvalue weighted by atomic mass is 35.5. The zero-order chi connectivity index (χ0) is 14.1. The maximum atomic E-state index is 5.92. The Morgan fingerprint density at radius 3 is 2.85 bits per heavy atom. The molecule has 3 nitrogen and oxygen atoms in total. The minimum atomic E-state index is 0.550. The van der Waals surface area contributed by atoms with Gasteiger partial charge < -0.3 is 0 Å². The van der Waals surface area contributed by atoms with Crippen LogP contribution in [0, 0.1) is 13.8 Å². The monoisotopic (exact) mass is 285 g/mol. The number of nitrogens with zero attached hydrogens (tertiary/aromatic N) is 3. The summed E-state index contributed by atoms with van der Waals surface area (Å²) >= 11 is 5.92. The largest absolute Gasteiger partial charge is 0.280 e. The van der Waals surface area contributed by atoms with E-state index in [0.717, 1.165) is 29.1 Å². The van der Waals surface area contributed by atoms with E-state index >= 15 is 0 Å². The number of pyridine rings is 1. The van der Waals surface area contributed by atoms with E-state index in [-0.39, 0.29) is 0 Å². The number of hydrogen-bond acceptors (Lipinski definition) is 2. The summed E-state index contributed by atoms with van der Waals surface area (Å²) in [5, 5.41) is 0. The summed E-state index contributed by atoms with van der Waals surface area (Å²) in [6.45, 7) is 4.20. The van der Waals surface area contributed by atoms with Crippen LogP contribution < -0.4 is 0 Å². The topological polar surface area (TPSA) is 30.7 Å². The van der Waals surface area contributed by atoms with Gasteiger partial charge in [-0.1, -0.05) is 12.1 Å². The first-order chi connectivity index (χ1) is 9.70. The minimum Gasteiger partial charge on any atom is -0.280 e. The van der Waals surface area contributed by atoms with E-state index in [0.29, 0.717) is 5.88 Å². The molecule has 20 heavy (non-hydrogen) atoms. The van der Waals surface area contributed by atoms with Crippen molar-refractivity contribution in [1.29, 1.82) is 0 Å². The lowest BCUT2D eigenvalue weighted by Crippen LogP contribution is -2.05. The predicted octanol–water partition coefficient (Wildman–Crippen LogP) is 3.82. The Balaban J connectivity index is 2.33. The lowest BCUT2D eigenvalue weighted by Gasteiger charge is -2.12. The normalized spacial score (nSPS) is 11.2. The molecule has 0 aliphatic carbocycles. The van der Waals surface area contributed by atoms with Crippen molar-refractivity contribution in [3.05, 3.63) is 53.5 Å². The lowest BCUT2D eigenvalue weighted by atomic mass is 10.1. The Labute approximate surface area is 123 Å². The molecular formula is C16H16ClN3. The van der Waals surface area contributed by atoms with Crippen LogP contribution in [0.5, 0.6) is 0 Å². The number of aromatic nitrogens is 3. The molecule has 2 aromatic heterocycles. The average Bonchev–Trinajstić information content (AvgIpc) is 2.80. The molecule has 4 heteroatoms. The molecule has 0 unspecified atom stereocenters. The first-order valence-corrected chi connectivity index (χ1v) is 7.20. The van der Waals surface area contributed by atoms with E-state index in [2.05, 4.69) is 46.6 Å². The standard InChI is InChI=1S/C16H16ClN3/c1-11-5-6-12(2)14(10-11)20-15(7-8-17)19-13-4-3-9-18-16(13)20/h3-6,9-10H,7-8H2,1-2H3. The van der Waals surface area contributed by atoms with Crippen molar-refractivity contribution in [2.24, 2.45) is 0 Å². The molecule has 3 aromatic rings. The van der Waals surface area contributed by atoms with Crippen LogP contribution in [-0.4, -0.2) is 20.4 Å². The van der Waals surface area contributed by atoms with E-state index in [9.17, 15) is 0 Å². The van der Waals surface area contributed by atoms with Gasteiger partial charge in [-0.2, -0.15) is 0 Å². The van der Waals surface area contributed by atoms with Crippen LogP contribution in [0.25, 0.3) is 16.9 Å². The fourth-order valence-electron chi connectivity index (χ4n) is 2.43. The van der Waals surface area contributed by atoms with Crippen molar-refractivity contribution in [2.75, 3.05) is 5.88 Å². The van der Waals surface area contributed by atoms with Crippen LogP contribution in [-0.2, 0) is 6.42 Å². The number of fused-ring (bicyclic) bond motifs is 1. The summed E-state index contributed by atoms with van der Waals surface area (Å²) in [6, 6.07) is 10.3. The molecule has 3 rings (SSSR count). The van der Waals surface area contributed by atoms with E-state index < -0.39 is 0 Å². The molecule has 0 radical (unpaired) electrons. The zero-order valence-corrected chi connectivity index (χ0v) is 12.4. The van der Waals surface area contributed by atoms with Gasteiger partial charge in [-0.05, 0) is 43.2 Å². The van der Waals surface area contributed by atoms with E-state index in [4.69, 9.17) is 11.6 Å². The van der Waals surface area contributed by atoms with Crippen molar-refractivity contribution in [2.45, 2.75) is 20.3 Å². The molecule has 1 aromatic carbocycles. The number of imidazole rings is 1. The minimum absolute atomic E-state index is 0.550. The van der Waals surface area contributed by atoms with Crippen molar-refractivity contribution < 1.29 is 0 Å². The third kappa shape index (κ3) is 2.18. The van der Waals surface area contributed by atoms with Crippen molar-refractivity contribution in [1.82, 2.24) is 14.5 Å². The Morgan fingerprint density at radius 2 is 2.05 bits per heavy atom. The number of hydrogen-bond donors (Lipinski definition) is 0. The Kier molecular flexibility index (Phi) is 3.45. The maximum absolute atomic E-state index is 5.92. The van der Waals surface area contributed by atoms with Gasteiger partial charge in [0.1, 0.15) is 11.3 Å². The van der Waals surface area contributed by atoms with Gasteiger partial charge in [-0.25, -0.2) is 9.97 Å². The Hall–Kier alpha value is -1.87. The fourth-order valence-corrected chi connectivity index (χ4v) is 2.59. The zero-order valence-electron chi connectivity index (χ0n) is 11.6. The van der Waals surface area contributed by atoms with Crippen molar-refractivity contribution in [3.8, 4) is 5.69 Å². The molecule has 0 spiro atoms. The summed E-state index contributed by atoms with van der Waals surface area (Å²) < 4.78 is 2.13. The SMILES string of the molecule is Cc1ccc(C)c(-n2c(CCCl)nc3cccnc32)c1. The third-order valence-electron chi connectivity index (χ3n) is 3.41. The number of aryl methyl sites for hydroxylation is 3. The van der Waals surface area contributed by atoms with Crippen LogP contribution in [0.4, 0.5) is 0 Å². The van der Waals surface area contributed by atoms with Crippen LogP contribution in [0.1, 0.15) is 17.0 Å². The molecule has 0 saturated carbocycles. The smallest absolute Gasteiger partial charge is 0.164 e. The lowest BCUT2D eigenvalue weighted by molar-refractivity contribution is 0.899. The number of alkyl halides is 1. The second-order valence-corrected chi connectivity index (χ2v) is 5.32. The first kappa shape index (κ1) is 13.1. The molecule has 0 fully saturated rings. The van der Waals surface area contributed by atoms with Crippen LogP contribution in [0.3, 0.4) is 0 Å². The van der Waals surface area contributed by atoms with Crippen LogP contribution in [0.15, 0.2) is 36.5 Å². The average molecular weight is 286 g/mol. The quantitative estimate of drug-likeness (QED) is 0.685. The highest BCUT2D eigenvalue weighted by Gasteiger charge is 2.14. The number of halogens is 1. The van der Waals surface area contributed by atoms with Gasteiger partial charge in [-0.3, -0.25) is 4.57 Å². The second-order valence-electron chi connectivity index (χ2n) is 4.94. The van der Waals surface area contributed by atoms with Crippen molar-refractivity contribution in [3.63, 3.8) is 0 Å². The Morgan fingerprint density at radius 1 is 1.20 bits per heavy atom. The fraction of sp³-hybridized carbons (Fsp3) is 0.250. The summed E-state index contributed by atoms with van der Waals surface area (Å²) in [5.41, 5.74) is 5.36. The first-order valence-electron chi connectivity index (χ1n) is 6.66. The van der Waals surface area contributed by atoms with Gasteiger partial charge >= 0.3 is 0 Å². The molecule has 2 heterocycles. The maximum Gasteiger partial charge on any atom is 0.164 e. The molecular weight excluding hydrogens is 270 g/mol. The van der Waals surface area contributed by atoms with Gasteiger partial charge in [0.25, 0.3) is 0 Å². The molecule has 0 bridgehead atoms. The predicted molar refractivity (Wildman–Crippen MR) is 82.8 cm³/mol. The third-order valence-corrected chi connectivity index (χ3v) is 3.60. The molecule has 0 saturated heterocycles. The van der Waals surface area contributed by atoms with Gasteiger partial charge in [0.05, 0.1) is 5.69 Å². The van der Waals surface area contributed by atoms with E-state index in [1.807, 2.05) is 12.1 Å². The van der Waals surface area contributed by atoms with Gasteiger partial charge in [0.2, 0.25) is 0 Å². The second kappa shape index (κ2) is 5.25.